The molecule has 0 saturated carbocycles. The highest BCUT2D eigenvalue weighted by Gasteiger charge is 2.23. The molecule has 0 N–H and O–H groups in total. The molecule has 0 bridgehead atoms. The van der Waals surface area contributed by atoms with E-state index < -0.39 is 0 Å². The Morgan fingerprint density at radius 1 is 0.852 bits per heavy atom. The van der Waals surface area contributed by atoms with Crippen LogP contribution in [0, 0.1) is 0 Å². The maximum absolute atomic E-state index is 12.8. The van der Waals surface area contributed by atoms with Gasteiger partial charge in [0.2, 0.25) is 0 Å². The van der Waals surface area contributed by atoms with E-state index in [1.807, 2.05) is 35.8 Å². The Labute approximate surface area is 159 Å². The molecule has 2 heterocycles. The fraction of sp³-hybridized carbons (Fsp3) is 0.381. The molecule has 1 aliphatic rings. The Balaban J connectivity index is 1.62. The van der Waals surface area contributed by atoms with Crippen molar-refractivity contribution in [2.75, 3.05) is 26.2 Å². The molecule has 0 spiro atoms. The molecular formula is C21H25N3O3. The summed E-state index contributed by atoms with van der Waals surface area (Å²) in [7, 11) is 0. The maximum atomic E-state index is 12.8. The van der Waals surface area contributed by atoms with Crippen LogP contribution < -0.4 is 4.74 Å². The molecule has 0 radical (unpaired) electrons. The molecule has 1 aliphatic heterocycles. The molecule has 0 atom stereocenters. The highest BCUT2D eigenvalue weighted by atomic mass is 16.5. The van der Waals surface area contributed by atoms with Crippen molar-refractivity contribution < 1.29 is 14.3 Å². The van der Waals surface area contributed by atoms with E-state index in [0.29, 0.717) is 37.3 Å². The summed E-state index contributed by atoms with van der Waals surface area (Å²) in [5, 5.41) is 0. The normalized spacial score (nSPS) is 14.8. The van der Waals surface area contributed by atoms with Gasteiger partial charge in [0.05, 0.1) is 6.10 Å². The lowest BCUT2D eigenvalue weighted by atomic mass is 10.2. The van der Waals surface area contributed by atoms with Crippen molar-refractivity contribution in [3.05, 3.63) is 59.9 Å². The van der Waals surface area contributed by atoms with Crippen molar-refractivity contribution in [1.82, 2.24) is 14.8 Å². The quantitative estimate of drug-likeness (QED) is 0.834. The first-order valence-corrected chi connectivity index (χ1v) is 9.30. The van der Waals surface area contributed by atoms with Crippen LogP contribution in [0.5, 0.6) is 5.75 Å². The van der Waals surface area contributed by atoms with E-state index in [9.17, 15) is 9.59 Å². The van der Waals surface area contributed by atoms with E-state index in [0.717, 1.165) is 12.2 Å². The van der Waals surface area contributed by atoms with Crippen LogP contribution in [0.25, 0.3) is 0 Å². The second-order valence-electron chi connectivity index (χ2n) is 6.86. The number of hydrogen-bond acceptors (Lipinski definition) is 4. The smallest absolute Gasteiger partial charge is 0.254 e. The summed E-state index contributed by atoms with van der Waals surface area (Å²) in [6, 6.07) is 10.7. The second-order valence-corrected chi connectivity index (χ2v) is 6.86. The Hall–Kier alpha value is -2.89. The van der Waals surface area contributed by atoms with Crippen molar-refractivity contribution >= 4 is 11.8 Å². The number of pyridine rings is 1. The van der Waals surface area contributed by atoms with Gasteiger partial charge >= 0.3 is 0 Å². The summed E-state index contributed by atoms with van der Waals surface area (Å²) in [5.74, 6) is 0.734. The second kappa shape index (κ2) is 8.66. The van der Waals surface area contributed by atoms with Gasteiger partial charge in [0, 0.05) is 49.7 Å². The number of ether oxygens (including phenoxy) is 1. The van der Waals surface area contributed by atoms with Crippen LogP contribution in [0.3, 0.4) is 0 Å². The molecular weight excluding hydrogens is 342 g/mol. The molecule has 1 fully saturated rings. The number of aromatic nitrogens is 1. The van der Waals surface area contributed by atoms with Crippen LogP contribution in [0.2, 0.25) is 0 Å². The van der Waals surface area contributed by atoms with E-state index in [1.54, 1.807) is 36.7 Å². The van der Waals surface area contributed by atoms with Crippen LogP contribution in [-0.2, 0) is 0 Å². The van der Waals surface area contributed by atoms with E-state index in [2.05, 4.69) is 4.98 Å². The molecule has 142 valence electrons. The average Bonchev–Trinajstić information content (AvgIpc) is 2.94. The predicted molar refractivity (Wildman–Crippen MR) is 103 cm³/mol. The zero-order valence-corrected chi connectivity index (χ0v) is 15.8. The van der Waals surface area contributed by atoms with Crippen LogP contribution in [0.15, 0.2) is 48.8 Å². The molecule has 1 saturated heterocycles. The van der Waals surface area contributed by atoms with Gasteiger partial charge < -0.3 is 14.5 Å². The fourth-order valence-corrected chi connectivity index (χ4v) is 3.13. The molecule has 27 heavy (non-hydrogen) atoms. The first-order chi connectivity index (χ1) is 13.0. The van der Waals surface area contributed by atoms with Crippen molar-refractivity contribution in [3.63, 3.8) is 0 Å². The van der Waals surface area contributed by atoms with Crippen LogP contribution in [-0.4, -0.2) is 58.9 Å². The van der Waals surface area contributed by atoms with E-state index in [4.69, 9.17) is 4.74 Å². The molecule has 2 amide bonds. The summed E-state index contributed by atoms with van der Waals surface area (Å²) in [5.41, 5.74) is 1.27. The number of nitrogens with zero attached hydrogens (tertiary/aromatic N) is 3. The first-order valence-electron chi connectivity index (χ1n) is 9.30. The Bertz CT molecular complexity index is 775. The summed E-state index contributed by atoms with van der Waals surface area (Å²) in [6.07, 6.45) is 4.10. The molecule has 6 nitrogen and oxygen atoms in total. The number of benzene rings is 1. The van der Waals surface area contributed by atoms with E-state index in [1.165, 1.54) is 0 Å². The summed E-state index contributed by atoms with van der Waals surface area (Å²) < 4.78 is 5.62. The highest BCUT2D eigenvalue weighted by molar-refractivity contribution is 5.95. The Morgan fingerprint density at radius 2 is 1.37 bits per heavy atom. The van der Waals surface area contributed by atoms with Gasteiger partial charge in [0.15, 0.2) is 0 Å². The van der Waals surface area contributed by atoms with Gasteiger partial charge in [-0.05, 0) is 56.7 Å². The standard InChI is InChI=1S/C21H25N3O3/c1-16(2)27-19-6-4-17(5-7-19)20(25)23-12-3-13-24(15-14-23)21(26)18-8-10-22-11-9-18/h4-11,16H,3,12-15H2,1-2H3. The largest absolute Gasteiger partial charge is 0.491 e. The van der Waals surface area contributed by atoms with Crippen molar-refractivity contribution in [2.45, 2.75) is 26.4 Å². The maximum Gasteiger partial charge on any atom is 0.254 e. The minimum absolute atomic E-state index is 0.00990. The van der Waals surface area contributed by atoms with Gasteiger partial charge in [-0.25, -0.2) is 0 Å². The van der Waals surface area contributed by atoms with Gasteiger partial charge in [-0.1, -0.05) is 0 Å². The molecule has 1 aromatic carbocycles. The number of hydrogen-bond donors (Lipinski definition) is 0. The van der Waals surface area contributed by atoms with Gasteiger partial charge in [-0.15, -0.1) is 0 Å². The third-order valence-corrected chi connectivity index (χ3v) is 4.47. The minimum atomic E-state index is -0.0121. The molecule has 0 aliphatic carbocycles. The lowest BCUT2D eigenvalue weighted by Gasteiger charge is -2.22. The zero-order valence-electron chi connectivity index (χ0n) is 15.8. The summed E-state index contributed by atoms with van der Waals surface area (Å²) in [4.78, 5) is 33.0. The first kappa shape index (κ1) is 18.9. The molecule has 0 unspecified atom stereocenters. The zero-order chi connectivity index (χ0) is 19.2. The molecule has 1 aromatic heterocycles. The van der Waals surface area contributed by atoms with Crippen molar-refractivity contribution in [1.29, 1.82) is 0 Å². The van der Waals surface area contributed by atoms with Gasteiger partial charge in [-0.3, -0.25) is 14.6 Å². The van der Waals surface area contributed by atoms with Crippen LogP contribution >= 0.6 is 0 Å². The third kappa shape index (κ3) is 4.84. The minimum Gasteiger partial charge on any atom is -0.491 e. The average molecular weight is 367 g/mol. The number of amides is 2. The van der Waals surface area contributed by atoms with E-state index >= 15 is 0 Å². The summed E-state index contributed by atoms with van der Waals surface area (Å²) in [6.45, 7) is 6.28. The van der Waals surface area contributed by atoms with Gasteiger partial charge in [-0.2, -0.15) is 0 Å². The van der Waals surface area contributed by atoms with Gasteiger partial charge in [0.25, 0.3) is 11.8 Å². The topological polar surface area (TPSA) is 62.7 Å². The number of carbonyl (C=O) groups is 2. The molecule has 2 aromatic rings. The lowest BCUT2D eigenvalue weighted by molar-refractivity contribution is 0.0718. The highest BCUT2D eigenvalue weighted by Crippen LogP contribution is 2.16. The number of rotatable bonds is 4. The molecule has 3 rings (SSSR count). The van der Waals surface area contributed by atoms with Gasteiger partial charge in [0.1, 0.15) is 5.75 Å². The number of carbonyl (C=O) groups excluding carboxylic acids is 2. The van der Waals surface area contributed by atoms with Crippen LogP contribution in [0.4, 0.5) is 0 Å². The van der Waals surface area contributed by atoms with Crippen molar-refractivity contribution in [2.24, 2.45) is 0 Å². The van der Waals surface area contributed by atoms with E-state index in [-0.39, 0.29) is 17.9 Å². The predicted octanol–water partition coefficient (Wildman–Crippen LogP) is 2.86. The van der Waals surface area contributed by atoms with Crippen molar-refractivity contribution in [3.8, 4) is 5.75 Å². The monoisotopic (exact) mass is 367 g/mol. The Kier molecular flexibility index (Phi) is 6.06. The summed E-state index contributed by atoms with van der Waals surface area (Å²) >= 11 is 0. The molecule has 6 heteroatoms. The third-order valence-electron chi connectivity index (χ3n) is 4.47. The lowest BCUT2D eigenvalue weighted by Crippen LogP contribution is -2.37. The SMILES string of the molecule is CC(C)Oc1ccc(C(=O)N2CCCN(C(=O)c3ccncc3)CC2)cc1. The fourth-order valence-electron chi connectivity index (χ4n) is 3.13. The van der Waals surface area contributed by atoms with Crippen LogP contribution in [0.1, 0.15) is 41.0 Å². The Morgan fingerprint density at radius 3 is 1.89 bits per heavy atom.